The second kappa shape index (κ2) is 42.0. The Morgan fingerprint density at radius 2 is 0.574 bits per heavy atom. The lowest BCUT2D eigenvalue weighted by Gasteiger charge is -2.25. The zero-order chi connectivity index (χ0) is 34.1. The highest BCUT2D eigenvalue weighted by molar-refractivity contribution is 4.71. The Balaban J connectivity index is 3.99. The predicted octanol–water partition coefficient (Wildman–Crippen LogP) is 12.8. The van der Waals surface area contributed by atoms with E-state index >= 15 is 0 Å². The molecule has 0 atom stereocenters. The minimum absolute atomic E-state index is 0.167. The molecule has 0 aromatic rings. The van der Waals surface area contributed by atoms with Crippen LogP contribution in [0.3, 0.4) is 0 Å². The van der Waals surface area contributed by atoms with Crippen molar-refractivity contribution in [1.82, 2.24) is 10.6 Å². The fourth-order valence-electron chi connectivity index (χ4n) is 7.39. The molecular weight excluding hydrogens is 576 g/mol. The summed E-state index contributed by atoms with van der Waals surface area (Å²) in [6.45, 7) is 6.17. The van der Waals surface area contributed by atoms with Crippen molar-refractivity contribution >= 4 is 0 Å². The summed E-state index contributed by atoms with van der Waals surface area (Å²) in [6.07, 6.45) is 49.6. The van der Waals surface area contributed by atoms with Crippen molar-refractivity contribution in [2.45, 2.75) is 245 Å². The van der Waals surface area contributed by atoms with Gasteiger partial charge in [-0.1, -0.05) is 232 Å². The first kappa shape index (κ1) is 46.8. The third-order valence-electron chi connectivity index (χ3n) is 10.5. The van der Waals surface area contributed by atoms with Gasteiger partial charge in [0.25, 0.3) is 0 Å². The van der Waals surface area contributed by atoms with Gasteiger partial charge in [-0.15, -0.1) is 0 Å². The largest absolute Gasteiger partial charge is 0.395 e. The van der Waals surface area contributed by atoms with Gasteiger partial charge in [0.15, 0.2) is 0 Å². The van der Waals surface area contributed by atoms with Crippen LogP contribution in [0.5, 0.6) is 0 Å². The molecule has 4 nitrogen and oxygen atoms in total. The summed E-state index contributed by atoms with van der Waals surface area (Å²) in [5.74, 6) is 0.732. The molecule has 4 heteroatoms. The maximum absolute atomic E-state index is 9.35. The van der Waals surface area contributed by atoms with E-state index in [1.165, 1.54) is 218 Å². The van der Waals surface area contributed by atoms with Crippen LogP contribution in [0.4, 0.5) is 0 Å². The van der Waals surface area contributed by atoms with E-state index < -0.39 is 0 Å². The van der Waals surface area contributed by atoms with E-state index in [-0.39, 0.29) is 19.4 Å². The summed E-state index contributed by atoms with van der Waals surface area (Å²) in [5, 5.41) is 25.7. The van der Waals surface area contributed by atoms with Gasteiger partial charge >= 0.3 is 0 Å². The van der Waals surface area contributed by atoms with Crippen LogP contribution in [0.25, 0.3) is 0 Å². The topological polar surface area (TPSA) is 64.5 Å². The molecule has 0 aromatic heterocycles. The van der Waals surface area contributed by atoms with E-state index in [1.54, 1.807) is 0 Å². The highest BCUT2D eigenvalue weighted by Gasteiger charge is 2.16. The highest BCUT2D eigenvalue weighted by Crippen LogP contribution is 2.24. The van der Waals surface area contributed by atoms with Crippen LogP contribution in [-0.4, -0.2) is 42.7 Å². The van der Waals surface area contributed by atoms with E-state index in [0.29, 0.717) is 13.1 Å². The average molecular weight is 667 g/mol. The smallest absolute Gasteiger partial charge is 0.0575 e. The number of unbranched alkanes of at least 4 members (excludes halogenated alkanes) is 30. The second-order valence-corrected chi connectivity index (χ2v) is 15.2. The van der Waals surface area contributed by atoms with Gasteiger partial charge in [-0.25, -0.2) is 0 Å². The van der Waals surface area contributed by atoms with E-state index in [9.17, 15) is 10.2 Å². The molecule has 0 fully saturated rings. The molecule has 0 aromatic carbocycles. The van der Waals surface area contributed by atoms with Gasteiger partial charge in [0.05, 0.1) is 19.4 Å². The molecular formula is C43H90N2O2. The van der Waals surface area contributed by atoms with E-state index in [2.05, 4.69) is 24.5 Å². The lowest BCUT2D eigenvalue weighted by Crippen LogP contribution is -2.45. The lowest BCUT2D eigenvalue weighted by atomic mass is 9.90. The summed E-state index contributed by atoms with van der Waals surface area (Å²) < 4.78 is 0. The quantitative estimate of drug-likeness (QED) is 0.0387. The van der Waals surface area contributed by atoms with E-state index in [0.717, 1.165) is 12.3 Å². The molecule has 0 radical (unpaired) electrons. The van der Waals surface area contributed by atoms with Crippen molar-refractivity contribution in [3.8, 4) is 0 Å². The van der Waals surface area contributed by atoms with Gasteiger partial charge < -0.3 is 10.2 Å². The number of aliphatic hydroxyl groups excluding tert-OH is 2. The van der Waals surface area contributed by atoms with Crippen LogP contribution in [0, 0.1) is 5.92 Å². The molecule has 0 aliphatic carbocycles. The predicted molar refractivity (Wildman–Crippen MR) is 210 cm³/mol. The minimum Gasteiger partial charge on any atom is -0.395 e. The number of aliphatic hydroxyl groups is 2. The maximum Gasteiger partial charge on any atom is 0.0575 e. The van der Waals surface area contributed by atoms with Crippen LogP contribution in [-0.2, 0) is 0 Å². The third-order valence-corrected chi connectivity index (χ3v) is 10.5. The molecule has 0 rings (SSSR count). The fourth-order valence-corrected chi connectivity index (χ4v) is 7.39. The Hall–Kier alpha value is -0.160. The normalized spacial score (nSPS) is 11.9. The summed E-state index contributed by atoms with van der Waals surface area (Å²) >= 11 is 0. The Morgan fingerprint density at radius 1 is 0.340 bits per heavy atom. The van der Waals surface area contributed by atoms with Crippen molar-refractivity contribution in [3.63, 3.8) is 0 Å². The molecule has 0 aliphatic heterocycles. The van der Waals surface area contributed by atoms with Crippen molar-refractivity contribution in [2.24, 2.45) is 5.92 Å². The first-order chi connectivity index (χ1) is 23.3. The number of hydrogen-bond donors (Lipinski definition) is 4. The lowest BCUT2D eigenvalue weighted by molar-refractivity contribution is 0.235. The number of hydrogen-bond acceptors (Lipinski definition) is 4. The molecule has 284 valence electrons. The first-order valence-electron chi connectivity index (χ1n) is 22.0. The molecule has 0 bridgehead atoms. The van der Waals surface area contributed by atoms with Crippen molar-refractivity contribution in [1.29, 1.82) is 0 Å². The van der Waals surface area contributed by atoms with Crippen LogP contribution in [0.15, 0.2) is 0 Å². The Labute approximate surface area is 297 Å². The zero-order valence-electron chi connectivity index (χ0n) is 32.6. The number of nitrogens with one attached hydrogen (secondary N) is 2. The fraction of sp³-hybridized carbons (Fsp3) is 1.00. The molecule has 4 N–H and O–H groups in total. The van der Waals surface area contributed by atoms with Crippen molar-refractivity contribution in [3.05, 3.63) is 0 Å². The van der Waals surface area contributed by atoms with Gasteiger partial charge in [-0.2, -0.15) is 0 Å². The summed E-state index contributed by atoms with van der Waals surface area (Å²) in [6, 6.07) is 0. The highest BCUT2D eigenvalue weighted by atomic mass is 16.3. The standard InChI is InChI=1S/C43H90N2O2/c1-3-5-7-9-11-13-15-17-19-21-23-25-27-29-31-33-35-42(41-43(44-37-39-46)45-38-40-47)36-34-32-30-28-26-24-22-20-18-16-14-12-10-8-6-4-2/h42-47H,3-41H2,1-2H3. The monoisotopic (exact) mass is 667 g/mol. The molecule has 0 spiro atoms. The zero-order valence-corrected chi connectivity index (χ0v) is 32.6. The Morgan fingerprint density at radius 3 is 0.809 bits per heavy atom. The van der Waals surface area contributed by atoms with Gasteiger partial charge in [-0.05, 0) is 12.3 Å². The minimum atomic E-state index is 0.167. The molecule has 0 unspecified atom stereocenters. The van der Waals surface area contributed by atoms with Crippen molar-refractivity contribution in [2.75, 3.05) is 26.3 Å². The van der Waals surface area contributed by atoms with Gasteiger partial charge in [0.2, 0.25) is 0 Å². The SMILES string of the molecule is CCCCCCCCCCCCCCCCCCC(CCCCCCCCCCCCCCCCCC)CC(NCCO)NCCO. The van der Waals surface area contributed by atoms with Crippen molar-refractivity contribution < 1.29 is 10.2 Å². The number of rotatable bonds is 42. The average Bonchev–Trinajstić information content (AvgIpc) is 3.08. The molecule has 0 saturated heterocycles. The maximum atomic E-state index is 9.35. The molecule has 47 heavy (non-hydrogen) atoms. The van der Waals surface area contributed by atoms with Gasteiger partial charge in [0.1, 0.15) is 0 Å². The summed E-state index contributed by atoms with van der Waals surface area (Å²) in [5.41, 5.74) is 0. The van der Waals surface area contributed by atoms with Gasteiger partial charge in [-0.3, -0.25) is 10.6 Å². The molecule has 0 amide bonds. The summed E-state index contributed by atoms with van der Waals surface area (Å²) in [7, 11) is 0. The van der Waals surface area contributed by atoms with Crippen LogP contribution in [0.2, 0.25) is 0 Å². The van der Waals surface area contributed by atoms with Crippen LogP contribution in [0.1, 0.15) is 239 Å². The first-order valence-corrected chi connectivity index (χ1v) is 22.0. The van der Waals surface area contributed by atoms with Gasteiger partial charge in [0, 0.05) is 13.1 Å². The van der Waals surface area contributed by atoms with Crippen LogP contribution >= 0.6 is 0 Å². The van der Waals surface area contributed by atoms with E-state index in [4.69, 9.17) is 0 Å². The molecule has 0 aliphatic rings. The molecule has 0 heterocycles. The van der Waals surface area contributed by atoms with Crippen LogP contribution < -0.4 is 10.6 Å². The van der Waals surface area contributed by atoms with E-state index in [1.807, 2.05) is 0 Å². The Kier molecular flexibility index (Phi) is 41.9. The molecule has 0 saturated carbocycles. The Bertz CT molecular complexity index is 502. The second-order valence-electron chi connectivity index (χ2n) is 15.2. The summed E-state index contributed by atoms with van der Waals surface area (Å²) in [4.78, 5) is 0. The third kappa shape index (κ3) is 38.5.